The van der Waals surface area contributed by atoms with Gasteiger partial charge in [0.15, 0.2) is 0 Å². The minimum absolute atomic E-state index is 0.281. The highest BCUT2D eigenvalue weighted by Gasteiger charge is 2.24. The standard InChI is InChI=1S/C9H15N3OS/c1-3-8-11-9(14-12-8)10-7-4-5-13-6(7)2/h6-7H,3-5H2,1-2H3,(H,10,11,12). The number of anilines is 1. The highest BCUT2D eigenvalue weighted by Crippen LogP contribution is 2.20. The Morgan fingerprint density at radius 3 is 3.07 bits per heavy atom. The Morgan fingerprint density at radius 1 is 1.64 bits per heavy atom. The van der Waals surface area contributed by atoms with E-state index in [2.05, 4.69) is 28.5 Å². The predicted molar refractivity (Wildman–Crippen MR) is 56.7 cm³/mol. The molecule has 78 valence electrons. The summed E-state index contributed by atoms with van der Waals surface area (Å²) in [6, 6.07) is 0.396. The van der Waals surface area contributed by atoms with Gasteiger partial charge in [-0.15, -0.1) is 0 Å². The fourth-order valence-corrected chi connectivity index (χ4v) is 2.25. The summed E-state index contributed by atoms with van der Waals surface area (Å²) in [6.45, 7) is 5.00. The van der Waals surface area contributed by atoms with Crippen LogP contribution in [0.2, 0.25) is 0 Å². The van der Waals surface area contributed by atoms with Crippen molar-refractivity contribution in [2.24, 2.45) is 0 Å². The van der Waals surface area contributed by atoms with E-state index in [0.29, 0.717) is 6.04 Å². The highest BCUT2D eigenvalue weighted by atomic mass is 32.1. The van der Waals surface area contributed by atoms with Crippen LogP contribution < -0.4 is 5.32 Å². The first-order valence-electron chi connectivity index (χ1n) is 5.00. The molecular formula is C9H15N3OS. The molecule has 5 heteroatoms. The lowest BCUT2D eigenvalue weighted by molar-refractivity contribution is 0.121. The number of nitrogens with zero attached hydrogens (tertiary/aromatic N) is 2. The summed E-state index contributed by atoms with van der Waals surface area (Å²) in [7, 11) is 0. The molecule has 2 rings (SSSR count). The first kappa shape index (κ1) is 9.86. The van der Waals surface area contributed by atoms with E-state index in [1.165, 1.54) is 11.5 Å². The van der Waals surface area contributed by atoms with E-state index in [9.17, 15) is 0 Å². The van der Waals surface area contributed by atoms with Crippen molar-refractivity contribution in [2.75, 3.05) is 11.9 Å². The molecule has 1 fully saturated rings. The van der Waals surface area contributed by atoms with E-state index in [4.69, 9.17) is 4.74 Å². The van der Waals surface area contributed by atoms with Gasteiger partial charge in [-0.05, 0) is 13.3 Å². The summed E-state index contributed by atoms with van der Waals surface area (Å²) in [6.07, 6.45) is 2.24. The van der Waals surface area contributed by atoms with Crippen LogP contribution in [0, 0.1) is 0 Å². The average Bonchev–Trinajstić information content (AvgIpc) is 2.77. The summed E-state index contributed by atoms with van der Waals surface area (Å²) in [5.74, 6) is 0.920. The van der Waals surface area contributed by atoms with Gasteiger partial charge in [0, 0.05) is 24.6 Å². The van der Waals surface area contributed by atoms with Gasteiger partial charge in [0.1, 0.15) is 5.82 Å². The summed E-state index contributed by atoms with van der Waals surface area (Å²) in [5.41, 5.74) is 0. The molecule has 1 aliphatic heterocycles. The number of hydrogen-bond donors (Lipinski definition) is 1. The molecule has 0 aliphatic carbocycles. The molecule has 2 atom stereocenters. The smallest absolute Gasteiger partial charge is 0.202 e. The van der Waals surface area contributed by atoms with Crippen LogP contribution >= 0.6 is 11.5 Å². The zero-order chi connectivity index (χ0) is 9.97. The van der Waals surface area contributed by atoms with Crippen LogP contribution in [0.3, 0.4) is 0 Å². The van der Waals surface area contributed by atoms with Crippen molar-refractivity contribution >= 4 is 16.7 Å². The largest absolute Gasteiger partial charge is 0.376 e. The summed E-state index contributed by atoms with van der Waals surface area (Å²) in [4.78, 5) is 4.37. The zero-order valence-electron chi connectivity index (χ0n) is 8.49. The molecule has 0 amide bonds. The molecule has 0 bridgehead atoms. The number of hydrogen-bond acceptors (Lipinski definition) is 5. The lowest BCUT2D eigenvalue weighted by Gasteiger charge is -2.14. The maximum atomic E-state index is 5.46. The van der Waals surface area contributed by atoms with Crippen LogP contribution in [-0.4, -0.2) is 28.1 Å². The van der Waals surface area contributed by atoms with Crippen molar-refractivity contribution in [3.8, 4) is 0 Å². The quantitative estimate of drug-likeness (QED) is 0.830. The van der Waals surface area contributed by atoms with Crippen LogP contribution in [0.25, 0.3) is 0 Å². The second kappa shape index (κ2) is 4.23. The van der Waals surface area contributed by atoms with Gasteiger partial charge in [0.2, 0.25) is 5.13 Å². The average molecular weight is 213 g/mol. The van der Waals surface area contributed by atoms with E-state index in [1.807, 2.05) is 0 Å². The molecule has 1 N–H and O–H groups in total. The van der Waals surface area contributed by atoms with E-state index >= 15 is 0 Å². The predicted octanol–water partition coefficient (Wildman–Crippen LogP) is 1.69. The monoisotopic (exact) mass is 213 g/mol. The molecule has 1 saturated heterocycles. The first-order chi connectivity index (χ1) is 6.79. The summed E-state index contributed by atoms with van der Waals surface area (Å²) in [5, 5.41) is 4.29. The Bertz CT molecular complexity index is 302. The van der Waals surface area contributed by atoms with Crippen LogP contribution in [0.5, 0.6) is 0 Å². The molecule has 0 saturated carbocycles. The number of rotatable bonds is 3. The Morgan fingerprint density at radius 2 is 2.50 bits per heavy atom. The molecule has 2 heterocycles. The molecule has 1 aromatic heterocycles. The second-order valence-electron chi connectivity index (χ2n) is 3.48. The molecule has 0 spiro atoms. The van der Waals surface area contributed by atoms with E-state index < -0.39 is 0 Å². The van der Waals surface area contributed by atoms with Gasteiger partial charge in [0.05, 0.1) is 12.1 Å². The Kier molecular flexibility index (Phi) is 2.98. The molecule has 14 heavy (non-hydrogen) atoms. The third-order valence-corrected chi connectivity index (χ3v) is 3.15. The minimum atomic E-state index is 0.281. The maximum Gasteiger partial charge on any atom is 0.202 e. The third kappa shape index (κ3) is 2.04. The van der Waals surface area contributed by atoms with Crippen LogP contribution in [-0.2, 0) is 11.2 Å². The van der Waals surface area contributed by atoms with Gasteiger partial charge in [-0.2, -0.15) is 4.37 Å². The van der Waals surface area contributed by atoms with Crippen molar-refractivity contribution in [2.45, 2.75) is 38.8 Å². The number of aromatic nitrogens is 2. The molecular weight excluding hydrogens is 198 g/mol. The van der Waals surface area contributed by atoms with Crippen molar-refractivity contribution in [3.63, 3.8) is 0 Å². The lowest BCUT2D eigenvalue weighted by atomic mass is 10.2. The number of ether oxygens (including phenoxy) is 1. The van der Waals surface area contributed by atoms with E-state index in [1.54, 1.807) is 0 Å². The SMILES string of the molecule is CCc1nsc(NC2CCOC2C)n1. The molecule has 4 nitrogen and oxygen atoms in total. The van der Waals surface area contributed by atoms with E-state index in [0.717, 1.165) is 30.4 Å². The van der Waals surface area contributed by atoms with Crippen molar-refractivity contribution in [3.05, 3.63) is 5.82 Å². The van der Waals surface area contributed by atoms with Crippen molar-refractivity contribution in [1.29, 1.82) is 0 Å². The Balaban J connectivity index is 1.96. The summed E-state index contributed by atoms with van der Waals surface area (Å²) < 4.78 is 9.69. The fraction of sp³-hybridized carbons (Fsp3) is 0.778. The van der Waals surface area contributed by atoms with Crippen molar-refractivity contribution < 1.29 is 4.74 Å². The van der Waals surface area contributed by atoms with Gasteiger partial charge in [-0.1, -0.05) is 6.92 Å². The van der Waals surface area contributed by atoms with Gasteiger partial charge < -0.3 is 10.1 Å². The zero-order valence-corrected chi connectivity index (χ0v) is 9.30. The molecule has 1 aliphatic rings. The first-order valence-corrected chi connectivity index (χ1v) is 5.77. The van der Waals surface area contributed by atoms with Crippen LogP contribution in [0.1, 0.15) is 26.1 Å². The normalized spacial score (nSPS) is 26.7. The van der Waals surface area contributed by atoms with Gasteiger partial charge in [-0.25, -0.2) is 4.98 Å². The summed E-state index contributed by atoms with van der Waals surface area (Å²) >= 11 is 1.44. The molecule has 2 unspecified atom stereocenters. The van der Waals surface area contributed by atoms with Gasteiger partial charge >= 0.3 is 0 Å². The number of aryl methyl sites for hydroxylation is 1. The topological polar surface area (TPSA) is 47.0 Å². The third-order valence-electron chi connectivity index (χ3n) is 2.47. The maximum absolute atomic E-state index is 5.46. The van der Waals surface area contributed by atoms with Gasteiger partial charge in [0.25, 0.3) is 0 Å². The second-order valence-corrected chi connectivity index (χ2v) is 4.24. The highest BCUT2D eigenvalue weighted by molar-refractivity contribution is 7.09. The Hall–Kier alpha value is -0.680. The number of nitrogens with one attached hydrogen (secondary N) is 1. The lowest BCUT2D eigenvalue weighted by Crippen LogP contribution is -2.26. The molecule has 0 aromatic carbocycles. The van der Waals surface area contributed by atoms with Crippen LogP contribution in [0.4, 0.5) is 5.13 Å². The fourth-order valence-electron chi connectivity index (χ4n) is 1.54. The van der Waals surface area contributed by atoms with Crippen LogP contribution in [0.15, 0.2) is 0 Å². The van der Waals surface area contributed by atoms with Crippen molar-refractivity contribution in [1.82, 2.24) is 9.36 Å². The molecule has 0 radical (unpaired) electrons. The Labute approximate surface area is 87.9 Å². The van der Waals surface area contributed by atoms with E-state index in [-0.39, 0.29) is 6.10 Å². The van der Waals surface area contributed by atoms with Gasteiger partial charge in [-0.3, -0.25) is 0 Å². The minimum Gasteiger partial charge on any atom is -0.376 e. The molecule has 1 aromatic rings.